The topological polar surface area (TPSA) is 105 Å². The molecule has 0 fully saturated rings. The maximum atomic E-state index is 12.5. The van der Waals surface area contributed by atoms with E-state index in [1.54, 1.807) is 19.5 Å². The summed E-state index contributed by atoms with van der Waals surface area (Å²) >= 11 is 0. The Bertz CT molecular complexity index is 505. The Labute approximate surface area is 167 Å². The number of esters is 1. The lowest BCUT2D eigenvalue weighted by atomic mass is 10.0. The molecule has 0 aromatic carbocycles. The molecule has 10 heteroatoms. The van der Waals surface area contributed by atoms with Gasteiger partial charge in [0.1, 0.15) is 6.10 Å². The Balaban J connectivity index is 5.47. The Morgan fingerprint density at radius 2 is 1.74 bits per heavy atom. The van der Waals surface area contributed by atoms with E-state index in [0.717, 1.165) is 6.04 Å². The average molecular weight is 438 g/mol. The molecule has 159 valence electrons. The van der Waals surface area contributed by atoms with E-state index >= 15 is 0 Å². The van der Waals surface area contributed by atoms with Gasteiger partial charge < -0.3 is 28.3 Å². The maximum absolute atomic E-state index is 12.5. The molecule has 0 aliphatic rings. The summed E-state index contributed by atoms with van der Waals surface area (Å²) in [5.74, 6) is -2.89. The highest BCUT2D eigenvalue weighted by Gasteiger charge is 2.39. The minimum absolute atomic E-state index is 0.0171. The van der Waals surface area contributed by atoms with E-state index in [4.69, 9.17) is 18.1 Å². The van der Waals surface area contributed by atoms with Gasteiger partial charge in [0.2, 0.25) is 5.79 Å². The molecule has 0 amide bonds. The Kier molecular flexibility index (Phi) is 10.9. The summed E-state index contributed by atoms with van der Waals surface area (Å²) in [6, 6.07) is 0.923. The third-order valence-corrected chi connectivity index (χ3v) is 12.5. The lowest BCUT2D eigenvalue weighted by Gasteiger charge is -2.32. The van der Waals surface area contributed by atoms with Gasteiger partial charge in [0.05, 0.1) is 6.61 Å². The highest BCUT2D eigenvalue weighted by Crippen LogP contribution is 2.22. The van der Waals surface area contributed by atoms with Crippen LogP contribution >= 0.6 is 0 Å². The first-order chi connectivity index (χ1) is 12.2. The molecule has 0 saturated carbocycles. The number of hydrogen-bond donors (Lipinski definition) is 3. The van der Waals surface area contributed by atoms with Crippen LogP contribution in [0.4, 0.5) is 0 Å². The first-order valence-electron chi connectivity index (χ1n) is 9.37. The Morgan fingerprint density at radius 1 is 1.19 bits per heavy atom. The first-order valence-corrected chi connectivity index (χ1v) is 17.3. The summed E-state index contributed by atoms with van der Waals surface area (Å²) < 4.78 is 17.6. The van der Waals surface area contributed by atoms with Crippen LogP contribution in [0, 0.1) is 0 Å². The van der Waals surface area contributed by atoms with Crippen molar-refractivity contribution in [2.45, 2.75) is 84.3 Å². The molecule has 0 saturated heterocycles. The molecule has 0 aliphatic heterocycles. The van der Waals surface area contributed by atoms with Gasteiger partial charge in [0.25, 0.3) is 0 Å². The molecule has 2 atom stereocenters. The summed E-state index contributed by atoms with van der Waals surface area (Å²) in [6.45, 7) is 15.1. The van der Waals surface area contributed by atoms with Gasteiger partial charge >= 0.3 is 15.3 Å². The fourth-order valence-electron chi connectivity index (χ4n) is 1.99. The van der Waals surface area contributed by atoms with Gasteiger partial charge in [0, 0.05) is 12.0 Å². The second-order valence-corrected chi connectivity index (χ2v) is 19.3. The van der Waals surface area contributed by atoms with Crippen LogP contribution in [-0.4, -0.2) is 65.7 Å². The molecule has 27 heavy (non-hydrogen) atoms. The van der Waals surface area contributed by atoms with E-state index in [1.165, 1.54) is 0 Å². The van der Waals surface area contributed by atoms with Crippen molar-refractivity contribution in [2.75, 3.05) is 6.61 Å². The predicted molar refractivity (Wildman–Crippen MR) is 112 cm³/mol. The molecule has 0 spiro atoms. The van der Waals surface area contributed by atoms with Gasteiger partial charge in [-0.25, -0.2) is 4.79 Å². The number of rotatable bonds is 12. The van der Waals surface area contributed by atoms with Crippen molar-refractivity contribution in [1.82, 2.24) is 0 Å². The van der Waals surface area contributed by atoms with Crippen LogP contribution in [0.3, 0.4) is 0 Å². The SMILES string of the molecule is CCCC(O)(OC(=O)/C(C)=C/[Si](O[Si](C)(C)C)O[Si](C)(C)CC)C(O)CO. The fraction of sp³-hybridized carbons (Fsp3) is 0.824. The fourth-order valence-corrected chi connectivity index (χ4v) is 8.64. The van der Waals surface area contributed by atoms with Gasteiger partial charge in [0.15, 0.2) is 16.6 Å². The molecule has 7 nitrogen and oxygen atoms in total. The van der Waals surface area contributed by atoms with Crippen molar-refractivity contribution in [3.63, 3.8) is 0 Å². The smallest absolute Gasteiger partial charge is 0.394 e. The zero-order valence-electron chi connectivity index (χ0n) is 18.0. The third kappa shape index (κ3) is 10.1. The largest absolute Gasteiger partial charge is 0.433 e. The normalized spacial score (nSPS) is 17.0. The molecule has 0 aromatic heterocycles. The lowest BCUT2D eigenvalue weighted by molar-refractivity contribution is -0.253. The van der Waals surface area contributed by atoms with Crippen molar-refractivity contribution in [3.05, 3.63) is 11.3 Å². The number of aliphatic hydroxyl groups is 3. The number of aliphatic hydroxyl groups excluding tert-OH is 2. The van der Waals surface area contributed by atoms with E-state index in [0.29, 0.717) is 6.42 Å². The summed E-state index contributed by atoms with van der Waals surface area (Å²) in [4.78, 5) is 12.5. The van der Waals surface area contributed by atoms with Gasteiger partial charge in [-0.15, -0.1) is 0 Å². The second kappa shape index (κ2) is 11.0. The van der Waals surface area contributed by atoms with Crippen molar-refractivity contribution in [1.29, 1.82) is 0 Å². The summed E-state index contributed by atoms with van der Waals surface area (Å²) in [7, 11) is -5.64. The second-order valence-electron chi connectivity index (χ2n) is 8.26. The summed E-state index contributed by atoms with van der Waals surface area (Å²) in [6.07, 6.45) is -1.08. The van der Waals surface area contributed by atoms with E-state index in [-0.39, 0.29) is 12.0 Å². The van der Waals surface area contributed by atoms with E-state index in [2.05, 4.69) is 39.7 Å². The molecule has 0 rings (SSSR count). The number of ether oxygens (including phenoxy) is 1. The van der Waals surface area contributed by atoms with Crippen LogP contribution in [0.15, 0.2) is 11.3 Å². The van der Waals surface area contributed by atoms with Crippen LogP contribution in [-0.2, 0) is 17.8 Å². The summed E-state index contributed by atoms with van der Waals surface area (Å²) in [5, 5.41) is 29.4. The minimum atomic E-state index is -2.12. The van der Waals surface area contributed by atoms with Crippen molar-refractivity contribution >= 4 is 31.9 Å². The average Bonchev–Trinajstić information content (AvgIpc) is 2.51. The maximum Gasteiger partial charge on any atom is 0.394 e. The van der Waals surface area contributed by atoms with Gasteiger partial charge in [-0.1, -0.05) is 13.8 Å². The van der Waals surface area contributed by atoms with Crippen LogP contribution in [0.5, 0.6) is 0 Å². The highest BCUT2D eigenvalue weighted by atomic mass is 28.4. The van der Waals surface area contributed by atoms with Crippen LogP contribution < -0.4 is 0 Å². The third-order valence-electron chi connectivity index (χ3n) is 3.86. The van der Waals surface area contributed by atoms with E-state index in [9.17, 15) is 15.0 Å². The molecule has 0 heterocycles. The van der Waals surface area contributed by atoms with Crippen LogP contribution in [0.1, 0.15) is 33.6 Å². The standard InChI is InChI=1S/C17H37O7Si3/c1-9-11-17(21,15(19)12-18)22-16(20)14(3)13-25(23-26(4,5)6)24-27(7,8)10-2/h13,15,18-19,21H,9-12H2,1-8H3/b14-13+. The quantitative estimate of drug-likeness (QED) is 0.186. The zero-order chi connectivity index (χ0) is 21.5. The Morgan fingerprint density at radius 3 is 2.15 bits per heavy atom. The molecule has 0 aromatic rings. The van der Waals surface area contributed by atoms with Crippen molar-refractivity contribution in [2.24, 2.45) is 0 Å². The molecule has 0 bridgehead atoms. The molecular weight excluding hydrogens is 400 g/mol. The summed E-state index contributed by atoms with van der Waals surface area (Å²) in [5.41, 5.74) is 1.91. The van der Waals surface area contributed by atoms with Crippen LogP contribution in [0.25, 0.3) is 0 Å². The monoisotopic (exact) mass is 437 g/mol. The molecule has 2 unspecified atom stereocenters. The van der Waals surface area contributed by atoms with Crippen molar-refractivity contribution in [3.8, 4) is 0 Å². The number of hydrogen-bond acceptors (Lipinski definition) is 7. The van der Waals surface area contributed by atoms with Crippen LogP contribution in [0.2, 0.25) is 38.8 Å². The number of carbonyl (C=O) groups is 1. The van der Waals surface area contributed by atoms with Crippen molar-refractivity contribution < 1.29 is 33.1 Å². The van der Waals surface area contributed by atoms with Gasteiger partial charge in [-0.2, -0.15) is 0 Å². The molecule has 1 radical (unpaired) electrons. The molecule has 0 aliphatic carbocycles. The molecular formula is C17H37O7Si3. The van der Waals surface area contributed by atoms with Gasteiger partial charge in [-0.05, 0) is 57.8 Å². The van der Waals surface area contributed by atoms with Gasteiger partial charge in [-0.3, -0.25) is 0 Å². The lowest BCUT2D eigenvalue weighted by Crippen LogP contribution is -2.48. The van der Waals surface area contributed by atoms with E-state index < -0.39 is 50.4 Å². The first kappa shape index (κ1) is 26.7. The predicted octanol–water partition coefficient (Wildman–Crippen LogP) is 2.44. The Hall–Kier alpha value is -0.339. The molecule has 3 N–H and O–H groups in total. The minimum Gasteiger partial charge on any atom is -0.433 e. The zero-order valence-corrected chi connectivity index (χ0v) is 21.0. The highest BCUT2D eigenvalue weighted by molar-refractivity contribution is 6.82. The number of carbonyl (C=O) groups excluding carboxylic acids is 1. The van der Waals surface area contributed by atoms with E-state index in [1.807, 2.05) is 0 Å².